The molecule has 1 saturated carbocycles. The smallest absolute Gasteiger partial charge is 0.255 e. The van der Waals surface area contributed by atoms with Crippen molar-refractivity contribution in [2.45, 2.75) is 32.1 Å². The van der Waals surface area contributed by atoms with Crippen LogP contribution in [0.4, 0.5) is 11.4 Å². The van der Waals surface area contributed by atoms with Gasteiger partial charge in [0.1, 0.15) is 5.75 Å². The van der Waals surface area contributed by atoms with Gasteiger partial charge in [0.2, 0.25) is 5.91 Å². The summed E-state index contributed by atoms with van der Waals surface area (Å²) in [4.78, 5) is 24.9. The van der Waals surface area contributed by atoms with Gasteiger partial charge in [-0.1, -0.05) is 25.3 Å². The lowest BCUT2D eigenvalue weighted by Gasteiger charge is -2.20. The summed E-state index contributed by atoms with van der Waals surface area (Å²) in [7, 11) is 1.58. The normalized spacial score (nSPS) is 14.4. The van der Waals surface area contributed by atoms with Gasteiger partial charge < -0.3 is 15.4 Å². The molecule has 2 N–H and O–H groups in total. The average molecular weight is 431 g/mol. The molecule has 0 radical (unpaired) electrons. The molecule has 0 bridgehead atoms. The predicted octanol–water partition coefficient (Wildman–Crippen LogP) is 5.23. The van der Waals surface area contributed by atoms with Gasteiger partial charge in [0.05, 0.1) is 11.6 Å². The fourth-order valence-corrected chi connectivity index (χ4v) is 3.84. The van der Waals surface area contributed by atoms with Gasteiger partial charge in [0.25, 0.3) is 5.91 Å². The van der Waals surface area contributed by atoms with Gasteiger partial charge >= 0.3 is 0 Å². The van der Waals surface area contributed by atoms with Crippen LogP contribution in [0.3, 0.4) is 0 Å². The lowest BCUT2D eigenvalue weighted by Crippen LogP contribution is -2.24. The molecule has 5 nitrogen and oxygen atoms in total. The van der Waals surface area contributed by atoms with Gasteiger partial charge in [-0.3, -0.25) is 9.59 Å². The first-order chi connectivity index (χ1) is 13.1. The number of hydrogen-bond donors (Lipinski definition) is 2. The number of amides is 2. The van der Waals surface area contributed by atoms with Gasteiger partial charge in [0.15, 0.2) is 0 Å². The van der Waals surface area contributed by atoms with Crippen LogP contribution < -0.4 is 15.4 Å². The molecule has 142 valence electrons. The Labute approximate surface area is 167 Å². The van der Waals surface area contributed by atoms with Crippen molar-refractivity contribution in [1.82, 2.24) is 0 Å². The molecule has 6 heteroatoms. The molecular formula is C21H23BrN2O3. The lowest BCUT2D eigenvalue weighted by atomic mass is 9.88. The van der Waals surface area contributed by atoms with Crippen molar-refractivity contribution < 1.29 is 14.3 Å². The molecule has 1 aliphatic carbocycles. The number of rotatable bonds is 5. The first-order valence-corrected chi connectivity index (χ1v) is 9.92. The number of halogens is 1. The Morgan fingerprint density at radius 3 is 2.37 bits per heavy atom. The highest BCUT2D eigenvalue weighted by atomic mass is 79.9. The van der Waals surface area contributed by atoms with E-state index >= 15 is 0 Å². The van der Waals surface area contributed by atoms with Crippen LogP contribution in [0.2, 0.25) is 0 Å². The van der Waals surface area contributed by atoms with E-state index < -0.39 is 0 Å². The van der Waals surface area contributed by atoms with Crippen molar-refractivity contribution in [2.75, 3.05) is 17.7 Å². The summed E-state index contributed by atoms with van der Waals surface area (Å²) in [6.45, 7) is 0. The van der Waals surface area contributed by atoms with Crippen LogP contribution in [0.15, 0.2) is 46.9 Å². The van der Waals surface area contributed by atoms with Crippen LogP contribution >= 0.6 is 15.9 Å². The molecule has 2 amide bonds. The lowest BCUT2D eigenvalue weighted by molar-refractivity contribution is -0.120. The predicted molar refractivity (Wildman–Crippen MR) is 110 cm³/mol. The molecule has 2 aromatic carbocycles. The largest absolute Gasteiger partial charge is 0.496 e. The highest BCUT2D eigenvalue weighted by Gasteiger charge is 2.21. The zero-order chi connectivity index (χ0) is 19.2. The molecule has 0 aliphatic heterocycles. The van der Waals surface area contributed by atoms with Crippen molar-refractivity contribution in [3.63, 3.8) is 0 Å². The van der Waals surface area contributed by atoms with Crippen molar-refractivity contribution in [3.05, 3.63) is 52.5 Å². The third kappa shape index (κ3) is 5.10. The first kappa shape index (κ1) is 19.4. The van der Waals surface area contributed by atoms with Crippen LogP contribution in [0, 0.1) is 5.92 Å². The SMILES string of the molecule is COc1ccc(C(=O)Nc2cccc(NC(=O)C3CCCCC3)c2)cc1Br. The van der Waals surface area contributed by atoms with Crippen molar-refractivity contribution >= 4 is 39.1 Å². The molecule has 1 fully saturated rings. The van der Waals surface area contributed by atoms with Gasteiger partial charge in [0, 0.05) is 22.9 Å². The Bertz CT molecular complexity index is 832. The number of methoxy groups -OCH3 is 1. The molecule has 2 aromatic rings. The zero-order valence-corrected chi connectivity index (χ0v) is 16.8. The molecule has 0 spiro atoms. The topological polar surface area (TPSA) is 67.4 Å². The Hall–Kier alpha value is -2.34. The molecule has 0 unspecified atom stereocenters. The number of nitrogens with one attached hydrogen (secondary N) is 2. The fraction of sp³-hybridized carbons (Fsp3) is 0.333. The van der Waals surface area contributed by atoms with Crippen LogP contribution in [0.1, 0.15) is 42.5 Å². The van der Waals surface area contributed by atoms with E-state index in [0.717, 1.165) is 25.7 Å². The van der Waals surface area contributed by atoms with E-state index in [4.69, 9.17) is 4.74 Å². The Kier molecular flexibility index (Phi) is 6.50. The van der Waals surface area contributed by atoms with Crippen molar-refractivity contribution in [1.29, 1.82) is 0 Å². The quantitative estimate of drug-likeness (QED) is 0.682. The highest BCUT2D eigenvalue weighted by Crippen LogP contribution is 2.27. The Balaban J connectivity index is 1.65. The summed E-state index contributed by atoms with van der Waals surface area (Å²) in [6.07, 6.45) is 5.35. The van der Waals surface area contributed by atoms with Crippen LogP contribution in [0.5, 0.6) is 5.75 Å². The van der Waals surface area contributed by atoms with E-state index in [1.807, 2.05) is 12.1 Å². The van der Waals surface area contributed by atoms with Gasteiger partial charge in [-0.2, -0.15) is 0 Å². The minimum Gasteiger partial charge on any atom is -0.496 e. The summed E-state index contributed by atoms with van der Waals surface area (Å²) in [5.74, 6) is 0.596. The fourth-order valence-electron chi connectivity index (χ4n) is 3.29. The van der Waals surface area contributed by atoms with E-state index in [2.05, 4.69) is 26.6 Å². The van der Waals surface area contributed by atoms with Gasteiger partial charge in [-0.05, 0) is 65.2 Å². The second-order valence-electron chi connectivity index (χ2n) is 6.71. The number of anilines is 2. The molecular weight excluding hydrogens is 408 g/mol. The maximum atomic E-state index is 12.5. The number of ether oxygens (including phenoxy) is 1. The monoisotopic (exact) mass is 430 g/mol. The molecule has 0 saturated heterocycles. The minimum atomic E-state index is -0.228. The third-order valence-corrected chi connectivity index (χ3v) is 5.40. The van der Waals surface area contributed by atoms with Gasteiger partial charge in [-0.25, -0.2) is 0 Å². The second kappa shape index (κ2) is 9.04. The Morgan fingerprint density at radius 1 is 1.00 bits per heavy atom. The molecule has 0 heterocycles. The molecule has 1 aliphatic rings. The Morgan fingerprint density at radius 2 is 1.70 bits per heavy atom. The first-order valence-electron chi connectivity index (χ1n) is 9.12. The summed E-state index contributed by atoms with van der Waals surface area (Å²) < 4.78 is 5.90. The van der Waals surface area contributed by atoms with Crippen molar-refractivity contribution in [3.8, 4) is 5.75 Å². The number of carbonyl (C=O) groups excluding carboxylic acids is 2. The second-order valence-corrected chi connectivity index (χ2v) is 7.56. The van der Waals surface area contributed by atoms with Crippen LogP contribution in [0.25, 0.3) is 0 Å². The zero-order valence-electron chi connectivity index (χ0n) is 15.3. The van der Waals surface area contributed by atoms with E-state index in [0.29, 0.717) is 27.2 Å². The summed E-state index contributed by atoms with van der Waals surface area (Å²) >= 11 is 3.39. The van der Waals surface area contributed by atoms with Crippen LogP contribution in [-0.4, -0.2) is 18.9 Å². The minimum absolute atomic E-state index is 0.0669. The van der Waals surface area contributed by atoms with E-state index in [1.54, 1.807) is 37.4 Å². The third-order valence-electron chi connectivity index (χ3n) is 4.78. The summed E-state index contributed by atoms with van der Waals surface area (Å²) in [6, 6.07) is 12.4. The maximum absolute atomic E-state index is 12.5. The maximum Gasteiger partial charge on any atom is 0.255 e. The molecule has 3 rings (SSSR count). The molecule has 0 atom stereocenters. The van der Waals surface area contributed by atoms with Crippen molar-refractivity contribution in [2.24, 2.45) is 5.92 Å². The van der Waals surface area contributed by atoms with Gasteiger partial charge in [-0.15, -0.1) is 0 Å². The van der Waals surface area contributed by atoms with E-state index in [-0.39, 0.29) is 17.7 Å². The van der Waals surface area contributed by atoms with E-state index in [9.17, 15) is 9.59 Å². The number of benzene rings is 2. The summed E-state index contributed by atoms with van der Waals surface area (Å²) in [5.41, 5.74) is 1.84. The summed E-state index contributed by atoms with van der Waals surface area (Å²) in [5, 5.41) is 5.84. The average Bonchev–Trinajstić information content (AvgIpc) is 2.68. The molecule has 27 heavy (non-hydrogen) atoms. The van der Waals surface area contributed by atoms with E-state index in [1.165, 1.54) is 6.42 Å². The highest BCUT2D eigenvalue weighted by molar-refractivity contribution is 9.10. The van der Waals surface area contributed by atoms with Crippen LogP contribution in [-0.2, 0) is 4.79 Å². The number of carbonyl (C=O) groups is 2. The standard InChI is InChI=1S/C21H23BrN2O3/c1-27-19-11-10-15(12-18(19)22)21(26)24-17-9-5-8-16(13-17)23-20(25)14-6-3-2-4-7-14/h5,8-14H,2-4,6-7H2,1H3,(H,23,25)(H,24,26). The molecule has 0 aromatic heterocycles. The number of hydrogen-bond acceptors (Lipinski definition) is 3.